The van der Waals surface area contributed by atoms with Crippen molar-refractivity contribution in [2.45, 2.75) is 32.7 Å². The molecular formula is C23H27NO5. The minimum absolute atomic E-state index is 0.132. The van der Waals surface area contributed by atoms with Crippen LogP contribution in [0.1, 0.15) is 45.9 Å². The van der Waals surface area contributed by atoms with Gasteiger partial charge in [-0.15, -0.1) is 0 Å². The minimum Gasteiger partial charge on any atom is -0.497 e. The van der Waals surface area contributed by atoms with E-state index in [4.69, 9.17) is 14.2 Å². The topological polar surface area (TPSA) is 65.1 Å². The van der Waals surface area contributed by atoms with Gasteiger partial charge in [-0.1, -0.05) is 17.7 Å². The van der Waals surface area contributed by atoms with Gasteiger partial charge in [-0.25, -0.2) is 4.79 Å². The second-order valence-corrected chi connectivity index (χ2v) is 7.25. The first-order valence-electron chi connectivity index (χ1n) is 9.70. The molecule has 1 fully saturated rings. The number of aryl methyl sites for hydroxylation is 2. The SMILES string of the molecule is COc1ccc(OC)c([C@@H]2CCCN2C(=O)COC(=O)c2cc(C)ccc2C)c1. The molecule has 2 aromatic rings. The molecule has 0 bridgehead atoms. The Kier molecular flexibility index (Phi) is 6.42. The molecule has 1 amide bonds. The lowest BCUT2D eigenvalue weighted by molar-refractivity contribution is -0.135. The molecule has 154 valence electrons. The van der Waals surface area contributed by atoms with Gasteiger partial charge in [-0.05, 0) is 56.5 Å². The van der Waals surface area contributed by atoms with E-state index >= 15 is 0 Å². The minimum atomic E-state index is -0.478. The van der Waals surface area contributed by atoms with E-state index in [9.17, 15) is 9.59 Å². The van der Waals surface area contributed by atoms with Crippen LogP contribution in [0.4, 0.5) is 0 Å². The molecule has 0 unspecified atom stereocenters. The normalized spacial score (nSPS) is 15.9. The summed E-state index contributed by atoms with van der Waals surface area (Å²) in [5, 5.41) is 0. The number of methoxy groups -OCH3 is 2. The average molecular weight is 397 g/mol. The van der Waals surface area contributed by atoms with Gasteiger partial charge in [-0.2, -0.15) is 0 Å². The van der Waals surface area contributed by atoms with E-state index < -0.39 is 5.97 Å². The average Bonchev–Trinajstić information content (AvgIpc) is 3.22. The van der Waals surface area contributed by atoms with E-state index in [1.54, 1.807) is 25.2 Å². The van der Waals surface area contributed by atoms with Gasteiger partial charge in [0.1, 0.15) is 11.5 Å². The van der Waals surface area contributed by atoms with Crippen molar-refractivity contribution in [3.8, 4) is 11.5 Å². The standard InChI is InChI=1S/C23H27NO5/c1-15-7-8-16(2)18(12-15)23(26)29-14-22(25)24-11-5-6-20(24)19-13-17(27-3)9-10-21(19)28-4/h7-10,12-13,20H,5-6,11,14H2,1-4H3/t20-/m0/s1. The van der Waals surface area contributed by atoms with Gasteiger partial charge in [0.25, 0.3) is 5.91 Å². The molecule has 0 radical (unpaired) electrons. The first-order chi connectivity index (χ1) is 13.9. The summed E-state index contributed by atoms with van der Waals surface area (Å²) in [6.45, 7) is 4.10. The number of ether oxygens (including phenoxy) is 3. The fourth-order valence-electron chi connectivity index (χ4n) is 3.73. The summed E-state index contributed by atoms with van der Waals surface area (Å²) in [7, 11) is 3.22. The molecule has 1 atom stereocenters. The molecule has 1 heterocycles. The van der Waals surface area contributed by atoms with Crippen molar-refractivity contribution in [1.82, 2.24) is 4.90 Å². The molecule has 29 heavy (non-hydrogen) atoms. The van der Waals surface area contributed by atoms with Gasteiger partial charge in [0, 0.05) is 12.1 Å². The van der Waals surface area contributed by atoms with Gasteiger partial charge in [0.05, 0.1) is 25.8 Å². The van der Waals surface area contributed by atoms with Gasteiger partial charge < -0.3 is 19.1 Å². The van der Waals surface area contributed by atoms with Crippen LogP contribution >= 0.6 is 0 Å². The molecule has 0 saturated carbocycles. The first-order valence-corrected chi connectivity index (χ1v) is 9.70. The molecule has 0 spiro atoms. The smallest absolute Gasteiger partial charge is 0.338 e. The Hall–Kier alpha value is -3.02. The highest BCUT2D eigenvalue weighted by Gasteiger charge is 2.32. The van der Waals surface area contributed by atoms with E-state index in [0.717, 1.165) is 29.5 Å². The van der Waals surface area contributed by atoms with Crippen LogP contribution in [0.15, 0.2) is 36.4 Å². The highest BCUT2D eigenvalue weighted by molar-refractivity contribution is 5.93. The van der Waals surface area contributed by atoms with Crippen molar-refractivity contribution in [3.05, 3.63) is 58.7 Å². The highest BCUT2D eigenvalue weighted by atomic mass is 16.5. The second kappa shape index (κ2) is 8.99. The number of hydrogen-bond acceptors (Lipinski definition) is 5. The number of hydrogen-bond donors (Lipinski definition) is 0. The van der Waals surface area contributed by atoms with Crippen molar-refractivity contribution >= 4 is 11.9 Å². The van der Waals surface area contributed by atoms with E-state index in [2.05, 4.69) is 0 Å². The number of likely N-dealkylation sites (tertiary alicyclic amines) is 1. The molecule has 6 nitrogen and oxygen atoms in total. The Morgan fingerprint density at radius 2 is 1.86 bits per heavy atom. The van der Waals surface area contributed by atoms with Gasteiger partial charge in [0.2, 0.25) is 0 Å². The predicted molar refractivity (Wildman–Crippen MR) is 109 cm³/mol. The third-order valence-electron chi connectivity index (χ3n) is 5.31. The molecule has 0 N–H and O–H groups in total. The van der Waals surface area contributed by atoms with Crippen LogP contribution in [0, 0.1) is 13.8 Å². The molecule has 6 heteroatoms. The van der Waals surface area contributed by atoms with Crippen LogP contribution in [0.5, 0.6) is 11.5 Å². The number of carbonyl (C=O) groups is 2. The molecule has 1 saturated heterocycles. The molecule has 0 aliphatic carbocycles. The van der Waals surface area contributed by atoms with Crippen LogP contribution in [0.25, 0.3) is 0 Å². The fourth-order valence-corrected chi connectivity index (χ4v) is 3.73. The Balaban J connectivity index is 1.72. The third-order valence-corrected chi connectivity index (χ3v) is 5.31. The largest absolute Gasteiger partial charge is 0.497 e. The maximum Gasteiger partial charge on any atom is 0.338 e. The van der Waals surface area contributed by atoms with E-state index in [1.165, 1.54) is 0 Å². The zero-order valence-electron chi connectivity index (χ0n) is 17.4. The molecule has 1 aliphatic heterocycles. The summed E-state index contributed by atoms with van der Waals surface area (Å²) in [6, 6.07) is 11.0. The van der Waals surface area contributed by atoms with Crippen molar-refractivity contribution in [2.24, 2.45) is 0 Å². The third kappa shape index (κ3) is 4.53. The summed E-state index contributed by atoms with van der Waals surface area (Å²) in [5.74, 6) is 0.731. The number of carbonyl (C=O) groups excluding carboxylic acids is 2. The number of benzene rings is 2. The summed E-state index contributed by atoms with van der Waals surface area (Å²) in [5.41, 5.74) is 3.19. The molecule has 1 aliphatic rings. The Morgan fingerprint density at radius 3 is 2.59 bits per heavy atom. The van der Waals surface area contributed by atoms with Crippen LogP contribution in [-0.2, 0) is 9.53 Å². The van der Waals surface area contributed by atoms with Crippen molar-refractivity contribution in [2.75, 3.05) is 27.4 Å². The van der Waals surface area contributed by atoms with Gasteiger partial charge in [-0.3, -0.25) is 4.79 Å². The highest BCUT2D eigenvalue weighted by Crippen LogP contribution is 2.38. The Labute approximate surface area is 171 Å². The Morgan fingerprint density at radius 1 is 1.07 bits per heavy atom. The molecule has 0 aromatic heterocycles. The van der Waals surface area contributed by atoms with Crippen LogP contribution in [0.2, 0.25) is 0 Å². The van der Waals surface area contributed by atoms with Crippen LogP contribution < -0.4 is 9.47 Å². The van der Waals surface area contributed by atoms with Crippen LogP contribution in [0.3, 0.4) is 0 Å². The lowest BCUT2D eigenvalue weighted by atomic mass is 10.0. The van der Waals surface area contributed by atoms with Crippen molar-refractivity contribution in [1.29, 1.82) is 0 Å². The fraction of sp³-hybridized carbons (Fsp3) is 0.391. The van der Waals surface area contributed by atoms with Crippen LogP contribution in [-0.4, -0.2) is 44.1 Å². The lowest BCUT2D eigenvalue weighted by Gasteiger charge is -2.26. The lowest BCUT2D eigenvalue weighted by Crippen LogP contribution is -2.34. The summed E-state index contributed by atoms with van der Waals surface area (Å²) < 4.78 is 16.2. The maximum absolute atomic E-state index is 12.8. The van der Waals surface area contributed by atoms with Crippen molar-refractivity contribution in [3.63, 3.8) is 0 Å². The first kappa shape index (κ1) is 20.7. The molecular weight excluding hydrogens is 370 g/mol. The predicted octanol–water partition coefficient (Wildman–Crippen LogP) is 3.84. The zero-order valence-corrected chi connectivity index (χ0v) is 17.4. The van der Waals surface area contributed by atoms with E-state index in [1.807, 2.05) is 44.2 Å². The number of nitrogens with zero attached hydrogens (tertiary/aromatic N) is 1. The van der Waals surface area contributed by atoms with Gasteiger partial charge >= 0.3 is 5.97 Å². The maximum atomic E-state index is 12.8. The van der Waals surface area contributed by atoms with E-state index in [-0.39, 0.29) is 18.6 Å². The zero-order chi connectivity index (χ0) is 21.0. The quantitative estimate of drug-likeness (QED) is 0.693. The van der Waals surface area contributed by atoms with Crippen molar-refractivity contribution < 1.29 is 23.8 Å². The van der Waals surface area contributed by atoms with E-state index in [0.29, 0.717) is 23.6 Å². The summed E-state index contributed by atoms with van der Waals surface area (Å²) in [6.07, 6.45) is 1.70. The number of amides is 1. The number of esters is 1. The second-order valence-electron chi connectivity index (χ2n) is 7.25. The summed E-state index contributed by atoms with van der Waals surface area (Å²) in [4.78, 5) is 27.0. The Bertz CT molecular complexity index is 908. The molecule has 2 aromatic carbocycles. The molecule has 3 rings (SSSR count). The van der Waals surface area contributed by atoms with Gasteiger partial charge in [0.15, 0.2) is 6.61 Å². The number of rotatable bonds is 6. The monoisotopic (exact) mass is 397 g/mol. The summed E-state index contributed by atoms with van der Waals surface area (Å²) >= 11 is 0.